The van der Waals surface area contributed by atoms with Crippen molar-refractivity contribution in [1.82, 2.24) is 20.2 Å². The van der Waals surface area contributed by atoms with E-state index in [-0.39, 0.29) is 11.7 Å². The highest BCUT2D eigenvalue weighted by molar-refractivity contribution is 7.99. The Balaban J connectivity index is 1.54. The van der Waals surface area contributed by atoms with Gasteiger partial charge in [-0.25, -0.2) is 5.43 Å². The van der Waals surface area contributed by atoms with Crippen LogP contribution in [0.25, 0.3) is 17.1 Å². The standard InChI is InChI=1S/C23H21N5OS2/c1-16-5-9-18(10-6-16)22-26-27-23(28(22)19-11-7-17(2)8-12-19)31-15-21(29)25-24-14-20-4-3-13-30-20/h3-14H,15H2,1-2H3,(H,25,29)/b24-14-. The number of thiophene rings is 1. The Kier molecular flexibility index (Phi) is 6.59. The van der Waals surface area contributed by atoms with Gasteiger partial charge in [-0.1, -0.05) is 65.4 Å². The molecule has 31 heavy (non-hydrogen) atoms. The fourth-order valence-electron chi connectivity index (χ4n) is 2.87. The molecule has 0 spiro atoms. The number of benzene rings is 2. The van der Waals surface area contributed by atoms with Gasteiger partial charge in [-0.15, -0.1) is 21.5 Å². The maximum absolute atomic E-state index is 12.3. The predicted octanol–water partition coefficient (Wildman–Crippen LogP) is 4.86. The Morgan fingerprint density at radius 2 is 1.77 bits per heavy atom. The lowest BCUT2D eigenvalue weighted by atomic mass is 10.1. The van der Waals surface area contributed by atoms with Crippen LogP contribution < -0.4 is 5.43 Å². The summed E-state index contributed by atoms with van der Waals surface area (Å²) in [7, 11) is 0. The van der Waals surface area contributed by atoms with Crippen molar-refractivity contribution in [1.29, 1.82) is 0 Å². The van der Waals surface area contributed by atoms with Crippen LogP contribution in [-0.2, 0) is 4.79 Å². The molecule has 0 bridgehead atoms. The van der Waals surface area contributed by atoms with Crippen LogP contribution in [0.5, 0.6) is 0 Å². The first-order chi connectivity index (χ1) is 15.1. The Bertz CT molecular complexity index is 1180. The van der Waals surface area contributed by atoms with Crippen molar-refractivity contribution in [3.63, 3.8) is 0 Å². The summed E-state index contributed by atoms with van der Waals surface area (Å²) in [6, 6.07) is 20.2. The third-order valence-electron chi connectivity index (χ3n) is 4.49. The Morgan fingerprint density at radius 3 is 2.45 bits per heavy atom. The SMILES string of the molecule is Cc1ccc(-c2nnc(SCC(=O)N/N=C\c3cccs3)n2-c2ccc(C)cc2)cc1. The van der Waals surface area contributed by atoms with Crippen LogP contribution in [0, 0.1) is 13.8 Å². The molecule has 0 aliphatic heterocycles. The number of thioether (sulfide) groups is 1. The number of aromatic nitrogens is 3. The fraction of sp³-hybridized carbons (Fsp3) is 0.130. The average Bonchev–Trinajstić information content (AvgIpc) is 3.43. The summed E-state index contributed by atoms with van der Waals surface area (Å²) >= 11 is 2.89. The van der Waals surface area contributed by atoms with Crippen molar-refractivity contribution in [2.45, 2.75) is 19.0 Å². The summed E-state index contributed by atoms with van der Waals surface area (Å²) in [6.45, 7) is 4.10. The molecule has 2 aromatic heterocycles. The van der Waals surface area contributed by atoms with E-state index in [4.69, 9.17) is 0 Å². The van der Waals surface area contributed by atoms with E-state index in [9.17, 15) is 4.79 Å². The number of aryl methyl sites for hydroxylation is 2. The third kappa shape index (κ3) is 5.28. The molecule has 2 aromatic carbocycles. The molecule has 1 amide bonds. The quantitative estimate of drug-likeness (QED) is 0.250. The maximum atomic E-state index is 12.3. The van der Waals surface area contributed by atoms with Crippen LogP contribution in [0.1, 0.15) is 16.0 Å². The lowest BCUT2D eigenvalue weighted by Gasteiger charge is -2.11. The van der Waals surface area contributed by atoms with Crippen molar-refractivity contribution in [2.75, 3.05) is 5.75 Å². The van der Waals surface area contributed by atoms with Gasteiger partial charge < -0.3 is 0 Å². The molecule has 4 rings (SSSR count). The van der Waals surface area contributed by atoms with E-state index >= 15 is 0 Å². The molecule has 0 aliphatic rings. The van der Waals surface area contributed by atoms with E-state index in [2.05, 4.69) is 51.9 Å². The van der Waals surface area contributed by atoms with Crippen LogP contribution >= 0.6 is 23.1 Å². The monoisotopic (exact) mass is 447 g/mol. The van der Waals surface area contributed by atoms with Crippen LogP contribution in [-0.4, -0.2) is 32.6 Å². The zero-order valence-corrected chi connectivity index (χ0v) is 18.8. The van der Waals surface area contributed by atoms with E-state index < -0.39 is 0 Å². The molecule has 0 aliphatic carbocycles. The molecule has 0 atom stereocenters. The first-order valence-electron chi connectivity index (χ1n) is 9.68. The van der Waals surface area contributed by atoms with Gasteiger partial charge in [0.25, 0.3) is 5.91 Å². The molecule has 156 valence electrons. The van der Waals surface area contributed by atoms with E-state index in [1.54, 1.807) is 17.6 Å². The topological polar surface area (TPSA) is 72.2 Å². The number of nitrogens with zero attached hydrogens (tertiary/aromatic N) is 4. The lowest BCUT2D eigenvalue weighted by Crippen LogP contribution is -2.19. The molecule has 1 N–H and O–H groups in total. The first-order valence-corrected chi connectivity index (χ1v) is 11.5. The number of carbonyl (C=O) groups is 1. The number of hydrogen-bond donors (Lipinski definition) is 1. The number of rotatable bonds is 7. The van der Waals surface area contributed by atoms with Crippen LogP contribution in [0.2, 0.25) is 0 Å². The number of amides is 1. The van der Waals surface area contributed by atoms with Gasteiger partial charge >= 0.3 is 0 Å². The largest absolute Gasteiger partial charge is 0.272 e. The first kappa shape index (κ1) is 21.0. The molecule has 0 saturated heterocycles. The van der Waals surface area contributed by atoms with Crippen molar-refractivity contribution in [3.8, 4) is 17.1 Å². The lowest BCUT2D eigenvalue weighted by molar-refractivity contribution is -0.118. The van der Waals surface area contributed by atoms with Crippen molar-refractivity contribution in [3.05, 3.63) is 82.0 Å². The molecule has 0 unspecified atom stereocenters. The highest BCUT2D eigenvalue weighted by atomic mass is 32.2. The summed E-state index contributed by atoms with van der Waals surface area (Å²) in [5.74, 6) is 0.718. The summed E-state index contributed by atoms with van der Waals surface area (Å²) in [5, 5.41) is 15.4. The van der Waals surface area contributed by atoms with Crippen molar-refractivity contribution in [2.24, 2.45) is 5.10 Å². The highest BCUT2D eigenvalue weighted by Crippen LogP contribution is 2.28. The van der Waals surface area contributed by atoms with Gasteiger partial charge in [0, 0.05) is 16.1 Å². The third-order valence-corrected chi connectivity index (χ3v) is 6.23. The zero-order chi connectivity index (χ0) is 21.6. The highest BCUT2D eigenvalue weighted by Gasteiger charge is 2.17. The smallest absolute Gasteiger partial charge is 0.250 e. The summed E-state index contributed by atoms with van der Waals surface area (Å²) in [5.41, 5.74) is 6.83. The second kappa shape index (κ2) is 9.72. The van der Waals surface area contributed by atoms with Crippen LogP contribution in [0.4, 0.5) is 0 Å². The molecule has 0 fully saturated rings. The van der Waals surface area contributed by atoms with Crippen LogP contribution in [0.15, 0.2) is 76.3 Å². The minimum atomic E-state index is -0.201. The van der Waals surface area contributed by atoms with Crippen molar-refractivity contribution >= 4 is 35.2 Å². The summed E-state index contributed by atoms with van der Waals surface area (Å²) < 4.78 is 1.98. The molecule has 4 aromatic rings. The van der Waals surface area contributed by atoms with E-state index in [0.29, 0.717) is 5.16 Å². The zero-order valence-electron chi connectivity index (χ0n) is 17.1. The fourth-order valence-corrected chi connectivity index (χ4v) is 4.20. The molecular weight excluding hydrogens is 426 g/mol. The van der Waals surface area contributed by atoms with E-state index in [1.807, 2.05) is 53.3 Å². The Morgan fingerprint density at radius 1 is 1.06 bits per heavy atom. The molecule has 8 heteroatoms. The maximum Gasteiger partial charge on any atom is 0.250 e. The minimum Gasteiger partial charge on any atom is -0.272 e. The molecule has 0 saturated carbocycles. The van der Waals surface area contributed by atoms with Gasteiger partial charge in [-0.3, -0.25) is 9.36 Å². The van der Waals surface area contributed by atoms with E-state index in [0.717, 1.165) is 22.0 Å². The predicted molar refractivity (Wildman–Crippen MR) is 127 cm³/mol. The minimum absolute atomic E-state index is 0.180. The van der Waals surface area contributed by atoms with Crippen molar-refractivity contribution < 1.29 is 4.79 Å². The van der Waals surface area contributed by atoms with Gasteiger partial charge in [0.05, 0.1) is 12.0 Å². The number of nitrogens with one attached hydrogen (secondary N) is 1. The summed E-state index contributed by atoms with van der Waals surface area (Å²) in [6.07, 6.45) is 1.64. The number of hydrogen-bond acceptors (Lipinski definition) is 6. The summed E-state index contributed by atoms with van der Waals surface area (Å²) in [4.78, 5) is 13.2. The molecule has 0 radical (unpaired) electrons. The average molecular weight is 448 g/mol. The second-order valence-corrected chi connectivity index (χ2v) is 8.86. The molecular formula is C23H21N5OS2. The normalized spacial score (nSPS) is 11.2. The van der Waals surface area contributed by atoms with Crippen LogP contribution in [0.3, 0.4) is 0 Å². The Labute approximate surface area is 189 Å². The van der Waals surface area contributed by atoms with Gasteiger partial charge in [0.1, 0.15) is 0 Å². The van der Waals surface area contributed by atoms with Gasteiger partial charge in [-0.05, 0) is 37.4 Å². The van der Waals surface area contributed by atoms with E-state index in [1.165, 1.54) is 22.9 Å². The molecule has 2 heterocycles. The Hall–Kier alpha value is -3.23. The second-order valence-electron chi connectivity index (χ2n) is 6.94. The van der Waals surface area contributed by atoms with Gasteiger partial charge in [0.15, 0.2) is 11.0 Å². The number of hydrazone groups is 1. The van der Waals surface area contributed by atoms with Gasteiger partial charge in [0.2, 0.25) is 0 Å². The molecule has 6 nitrogen and oxygen atoms in total. The number of carbonyl (C=O) groups excluding carboxylic acids is 1. The van der Waals surface area contributed by atoms with Gasteiger partial charge in [-0.2, -0.15) is 5.10 Å².